The summed E-state index contributed by atoms with van der Waals surface area (Å²) in [4.78, 5) is 20.8. The SMILES string of the molecule is CC(C)NCCN1CC2CCC(C1)N2C(=O)n1cncn1. The number of hydrogen-bond donors (Lipinski definition) is 1. The monoisotopic (exact) mass is 292 g/mol. The zero-order valence-electron chi connectivity index (χ0n) is 12.8. The van der Waals surface area contributed by atoms with E-state index in [1.165, 1.54) is 17.3 Å². The summed E-state index contributed by atoms with van der Waals surface area (Å²) in [7, 11) is 0. The van der Waals surface area contributed by atoms with Crippen LogP contribution in [0, 0.1) is 0 Å². The van der Waals surface area contributed by atoms with Gasteiger partial charge in [-0.2, -0.15) is 9.78 Å². The number of carbonyl (C=O) groups excluding carboxylic acids is 1. The molecule has 2 saturated heterocycles. The Hall–Kier alpha value is -1.47. The number of nitrogens with one attached hydrogen (secondary N) is 1. The molecule has 0 saturated carbocycles. The number of aromatic nitrogens is 3. The van der Waals surface area contributed by atoms with E-state index in [4.69, 9.17) is 0 Å². The molecule has 1 N–H and O–H groups in total. The van der Waals surface area contributed by atoms with Crippen LogP contribution in [0.4, 0.5) is 4.79 Å². The minimum atomic E-state index is -0.0278. The lowest BCUT2D eigenvalue weighted by Gasteiger charge is -2.40. The van der Waals surface area contributed by atoms with Crippen LogP contribution in [-0.4, -0.2) is 74.9 Å². The second-order valence-electron chi connectivity index (χ2n) is 6.28. The Balaban J connectivity index is 1.58. The van der Waals surface area contributed by atoms with Gasteiger partial charge >= 0.3 is 6.03 Å². The van der Waals surface area contributed by atoms with E-state index in [0.717, 1.165) is 39.0 Å². The van der Waals surface area contributed by atoms with E-state index < -0.39 is 0 Å². The highest BCUT2D eigenvalue weighted by Crippen LogP contribution is 2.30. The second-order valence-corrected chi connectivity index (χ2v) is 6.28. The molecule has 2 atom stereocenters. The number of carbonyl (C=O) groups is 1. The quantitative estimate of drug-likeness (QED) is 0.870. The fourth-order valence-corrected chi connectivity index (χ4v) is 3.42. The zero-order chi connectivity index (χ0) is 14.8. The fraction of sp³-hybridized carbons (Fsp3) is 0.786. The summed E-state index contributed by atoms with van der Waals surface area (Å²) in [5, 5.41) is 7.42. The Morgan fingerprint density at radius 1 is 1.33 bits per heavy atom. The van der Waals surface area contributed by atoms with Crippen LogP contribution in [0.3, 0.4) is 0 Å². The number of nitrogens with zero attached hydrogens (tertiary/aromatic N) is 5. The van der Waals surface area contributed by atoms with Gasteiger partial charge in [-0.05, 0) is 12.8 Å². The molecule has 1 aromatic rings. The van der Waals surface area contributed by atoms with E-state index in [1.807, 2.05) is 4.90 Å². The molecular weight excluding hydrogens is 268 g/mol. The maximum absolute atomic E-state index is 12.5. The minimum Gasteiger partial charge on any atom is -0.314 e. The molecular formula is C14H24N6O. The molecule has 2 aliphatic rings. The highest BCUT2D eigenvalue weighted by Gasteiger charge is 2.43. The van der Waals surface area contributed by atoms with E-state index >= 15 is 0 Å². The normalized spacial score (nSPS) is 25.8. The van der Waals surface area contributed by atoms with Crippen molar-refractivity contribution in [2.24, 2.45) is 0 Å². The summed E-state index contributed by atoms with van der Waals surface area (Å²) >= 11 is 0. The van der Waals surface area contributed by atoms with Gasteiger partial charge in [0.1, 0.15) is 12.7 Å². The van der Waals surface area contributed by atoms with Crippen molar-refractivity contribution in [3.63, 3.8) is 0 Å². The first-order valence-corrected chi connectivity index (χ1v) is 7.78. The maximum Gasteiger partial charge on any atom is 0.346 e. The number of piperazine rings is 1. The number of hydrogen-bond acceptors (Lipinski definition) is 5. The lowest BCUT2D eigenvalue weighted by molar-refractivity contribution is 0.0877. The van der Waals surface area contributed by atoms with Gasteiger partial charge in [0.25, 0.3) is 0 Å². The molecule has 21 heavy (non-hydrogen) atoms. The molecule has 0 aromatic carbocycles. The third-order valence-electron chi connectivity index (χ3n) is 4.37. The molecule has 2 fully saturated rings. The molecule has 2 bridgehead atoms. The van der Waals surface area contributed by atoms with Crippen molar-refractivity contribution < 1.29 is 4.79 Å². The van der Waals surface area contributed by atoms with Gasteiger partial charge in [-0.3, -0.25) is 4.90 Å². The van der Waals surface area contributed by atoms with Crippen molar-refractivity contribution in [3.8, 4) is 0 Å². The third-order valence-corrected chi connectivity index (χ3v) is 4.37. The van der Waals surface area contributed by atoms with Crippen molar-refractivity contribution in [1.82, 2.24) is 29.9 Å². The predicted molar refractivity (Wildman–Crippen MR) is 79.0 cm³/mol. The summed E-state index contributed by atoms with van der Waals surface area (Å²) in [5.74, 6) is 0. The summed E-state index contributed by atoms with van der Waals surface area (Å²) in [6, 6.07) is 1.14. The Labute approximate surface area is 125 Å². The van der Waals surface area contributed by atoms with Crippen molar-refractivity contribution in [1.29, 1.82) is 0 Å². The molecule has 7 heteroatoms. The van der Waals surface area contributed by atoms with Gasteiger partial charge in [0, 0.05) is 44.3 Å². The lowest BCUT2D eigenvalue weighted by Crippen LogP contribution is -2.57. The third kappa shape index (κ3) is 3.08. The Morgan fingerprint density at radius 3 is 2.62 bits per heavy atom. The van der Waals surface area contributed by atoms with E-state index in [2.05, 4.69) is 34.1 Å². The minimum absolute atomic E-state index is 0.0278. The second kappa shape index (κ2) is 6.11. The van der Waals surface area contributed by atoms with Crippen LogP contribution in [0.25, 0.3) is 0 Å². The van der Waals surface area contributed by atoms with Gasteiger partial charge in [0.15, 0.2) is 0 Å². The molecule has 0 radical (unpaired) electrons. The summed E-state index contributed by atoms with van der Waals surface area (Å²) in [6.45, 7) is 8.33. The molecule has 3 rings (SSSR count). The molecule has 0 aliphatic carbocycles. The summed E-state index contributed by atoms with van der Waals surface area (Å²) in [6.07, 6.45) is 5.09. The van der Waals surface area contributed by atoms with Crippen LogP contribution in [0.5, 0.6) is 0 Å². The number of amides is 1. The average Bonchev–Trinajstić information content (AvgIpc) is 3.05. The standard InChI is InChI=1S/C14H24N6O/c1-11(2)16-5-6-18-7-12-3-4-13(8-18)20(12)14(21)19-10-15-9-17-19/h9-13,16H,3-8H2,1-2H3. The molecule has 1 aromatic heterocycles. The molecule has 3 heterocycles. The van der Waals surface area contributed by atoms with E-state index in [9.17, 15) is 4.79 Å². The Bertz CT molecular complexity index is 460. The van der Waals surface area contributed by atoms with Crippen molar-refractivity contribution >= 4 is 6.03 Å². The first-order valence-electron chi connectivity index (χ1n) is 7.78. The zero-order valence-corrected chi connectivity index (χ0v) is 12.8. The highest BCUT2D eigenvalue weighted by molar-refractivity contribution is 5.76. The van der Waals surface area contributed by atoms with Gasteiger partial charge in [-0.1, -0.05) is 13.8 Å². The Kier molecular flexibility index (Phi) is 4.21. The van der Waals surface area contributed by atoms with Gasteiger partial charge in [0.2, 0.25) is 0 Å². The molecule has 0 spiro atoms. The van der Waals surface area contributed by atoms with Gasteiger partial charge < -0.3 is 10.2 Å². The van der Waals surface area contributed by atoms with Crippen LogP contribution in [0.1, 0.15) is 26.7 Å². The topological polar surface area (TPSA) is 66.3 Å². The van der Waals surface area contributed by atoms with E-state index in [-0.39, 0.29) is 6.03 Å². The van der Waals surface area contributed by atoms with E-state index in [1.54, 1.807) is 0 Å². The molecule has 2 aliphatic heterocycles. The average molecular weight is 292 g/mol. The van der Waals surface area contributed by atoms with Gasteiger partial charge in [0.05, 0.1) is 0 Å². The largest absolute Gasteiger partial charge is 0.346 e. The number of rotatable bonds is 4. The predicted octanol–water partition coefficient (Wildman–Crippen LogP) is 0.393. The first kappa shape index (κ1) is 14.5. The van der Waals surface area contributed by atoms with Gasteiger partial charge in [-0.15, -0.1) is 0 Å². The van der Waals surface area contributed by atoms with E-state index in [0.29, 0.717) is 18.1 Å². The first-order chi connectivity index (χ1) is 10.1. The molecule has 1 amide bonds. The van der Waals surface area contributed by atoms with Crippen LogP contribution in [0.2, 0.25) is 0 Å². The lowest BCUT2D eigenvalue weighted by atomic mass is 10.2. The van der Waals surface area contributed by atoms with Crippen LogP contribution < -0.4 is 5.32 Å². The summed E-state index contributed by atoms with van der Waals surface area (Å²) < 4.78 is 1.35. The fourth-order valence-electron chi connectivity index (χ4n) is 3.42. The summed E-state index contributed by atoms with van der Waals surface area (Å²) in [5.41, 5.74) is 0. The molecule has 7 nitrogen and oxygen atoms in total. The van der Waals surface area contributed by atoms with Crippen molar-refractivity contribution in [2.45, 2.75) is 44.8 Å². The van der Waals surface area contributed by atoms with Crippen LogP contribution >= 0.6 is 0 Å². The van der Waals surface area contributed by atoms with Crippen LogP contribution in [0.15, 0.2) is 12.7 Å². The molecule has 116 valence electrons. The number of likely N-dealkylation sites (tertiary alicyclic amines) is 1. The number of fused-ring (bicyclic) bond motifs is 2. The maximum atomic E-state index is 12.5. The van der Waals surface area contributed by atoms with Crippen molar-refractivity contribution in [2.75, 3.05) is 26.2 Å². The Morgan fingerprint density at radius 2 is 2.05 bits per heavy atom. The molecule has 2 unspecified atom stereocenters. The van der Waals surface area contributed by atoms with Crippen molar-refractivity contribution in [3.05, 3.63) is 12.7 Å². The highest BCUT2D eigenvalue weighted by atomic mass is 16.2. The van der Waals surface area contributed by atoms with Gasteiger partial charge in [-0.25, -0.2) is 9.78 Å². The smallest absolute Gasteiger partial charge is 0.314 e. The van der Waals surface area contributed by atoms with Crippen LogP contribution in [-0.2, 0) is 0 Å².